The molecule has 0 aromatic heterocycles. The maximum atomic E-state index is 12.5. The number of hydrogen-bond acceptors (Lipinski definition) is 3. The molecular formula is C11H18F3NO2. The van der Waals surface area contributed by atoms with Crippen molar-refractivity contribution in [1.82, 2.24) is 5.32 Å². The molecule has 0 amide bonds. The van der Waals surface area contributed by atoms with Gasteiger partial charge in [-0.15, -0.1) is 0 Å². The third kappa shape index (κ3) is 4.53. The van der Waals surface area contributed by atoms with Crippen molar-refractivity contribution >= 4 is 5.97 Å². The van der Waals surface area contributed by atoms with E-state index in [0.717, 1.165) is 0 Å². The van der Waals surface area contributed by atoms with Gasteiger partial charge in [-0.1, -0.05) is 0 Å². The molecule has 0 aromatic rings. The van der Waals surface area contributed by atoms with Crippen molar-refractivity contribution in [3.8, 4) is 0 Å². The van der Waals surface area contributed by atoms with Crippen LogP contribution in [0.1, 0.15) is 27.2 Å². The molecule has 1 saturated heterocycles. The van der Waals surface area contributed by atoms with Gasteiger partial charge in [0.15, 0.2) is 0 Å². The zero-order valence-corrected chi connectivity index (χ0v) is 10.2. The maximum absolute atomic E-state index is 12.5. The smallest absolute Gasteiger partial charge is 0.393 e. The topological polar surface area (TPSA) is 38.3 Å². The van der Waals surface area contributed by atoms with Crippen molar-refractivity contribution < 1.29 is 22.7 Å². The van der Waals surface area contributed by atoms with Gasteiger partial charge in [0.25, 0.3) is 0 Å². The summed E-state index contributed by atoms with van der Waals surface area (Å²) >= 11 is 0. The van der Waals surface area contributed by atoms with Crippen molar-refractivity contribution in [2.24, 2.45) is 11.8 Å². The van der Waals surface area contributed by atoms with Crippen LogP contribution < -0.4 is 5.32 Å². The summed E-state index contributed by atoms with van der Waals surface area (Å²) in [6.45, 7) is 5.22. The van der Waals surface area contributed by atoms with E-state index in [9.17, 15) is 18.0 Å². The van der Waals surface area contributed by atoms with Gasteiger partial charge in [-0.25, -0.2) is 0 Å². The number of alkyl halides is 3. The highest BCUT2D eigenvalue weighted by Crippen LogP contribution is 2.33. The molecule has 0 unspecified atom stereocenters. The molecule has 1 rings (SSSR count). The molecule has 100 valence electrons. The molecule has 0 aliphatic carbocycles. The summed E-state index contributed by atoms with van der Waals surface area (Å²) in [6.07, 6.45) is -4.45. The molecule has 2 atom stereocenters. The molecular weight excluding hydrogens is 235 g/mol. The number of esters is 1. The first-order valence-electron chi connectivity index (χ1n) is 5.60. The average molecular weight is 253 g/mol. The van der Waals surface area contributed by atoms with E-state index in [1.54, 1.807) is 20.8 Å². The molecule has 0 spiro atoms. The van der Waals surface area contributed by atoms with Crippen LogP contribution in [0.2, 0.25) is 0 Å². The fourth-order valence-electron chi connectivity index (χ4n) is 1.76. The van der Waals surface area contributed by atoms with Crippen LogP contribution in [0.15, 0.2) is 0 Å². The van der Waals surface area contributed by atoms with Gasteiger partial charge in [-0.3, -0.25) is 4.79 Å². The Bertz CT molecular complexity index is 283. The second-order valence-electron chi connectivity index (χ2n) is 5.36. The van der Waals surface area contributed by atoms with Crippen LogP contribution in [-0.4, -0.2) is 30.8 Å². The molecule has 0 saturated carbocycles. The van der Waals surface area contributed by atoms with Crippen molar-refractivity contribution in [2.45, 2.75) is 39.0 Å². The number of hydrogen-bond donors (Lipinski definition) is 1. The second-order valence-corrected chi connectivity index (χ2v) is 5.36. The lowest BCUT2D eigenvalue weighted by atomic mass is 9.90. The summed E-state index contributed by atoms with van der Waals surface area (Å²) in [5.41, 5.74) is -0.664. The number of carbonyl (C=O) groups is 1. The number of nitrogens with one attached hydrogen (secondary N) is 1. The molecule has 0 radical (unpaired) electrons. The Morgan fingerprint density at radius 1 is 1.24 bits per heavy atom. The lowest BCUT2D eigenvalue weighted by Crippen LogP contribution is -2.46. The van der Waals surface area contributed by atoms with E-state index < -0.39 is 29.6 Å². The number of ether oxygens (including phenoxy) is 1. The van der Waals surface area contributed by atoms with Crippen molar-refractivity contribution in [2.75, 3.05) is 13.1 Å². The summed E-state index contributed by atoms with van der Waals surface area (Å²) < 4.78 is 42.7. The Labute approximate surface area is 98.7 Å². The van der Waals surface area contributed by atoms with Crippen molar-refractivity contribution in [3.05, 3.63) is 0 Å². The van der Waals surface area contributed by atoms with E-state index in [0.29, 0.717) is 0 Å². The molecule has 0 aromatic carbocycles. The zero-order valence-electron chi connectivity index (χ0n) is 10.2. The first kappa shape index (κ1) is 14.3. The van der Waals surface area contributed by atoms with Gasteiger partial charge in [-0.05, 0) is 27.2 Å². The Morgan fingerprint density at radius 3 is 2.29 bits per heavy atom. The predicted octanol–water partition coefficient (Wildman–Crippen LogP) is 2.12. The fraction of sp³-hybridized carbons (Fsp3) is 0.909. The van der Waals surface area contributed by atoms with Gasteiger partial charge in [-0.2, -0.15) is 13.2 Å². The third-order valence-corrected chi connectivity index (χ3v) is 2.55. The zero-order chi connectivity index (χ0) is 13.3. The standard InChI is InChI=1S/C11H18F3NO2/c1-10(2,3)17-9(16)7-4-8(6-15-5-7)11(12,13)14/h7-8,15H,4-6H2,1-3H3/t7-,8+/m0/s1. The predicted molar refractivity (Wildman–Crippen MR) is 56.4 cm³/mol. The quantitative estimate of drug-likeness (QED) is 0.727. The number of carbonyl (C=O) groups excluding carboxylic acids is 1. The molecule has 1 heterocycles. The summed E-state index contributed by atoms with van der Waals surface area (Å²) in [6, 6.07) is 0. The second kappa shape index (κ2) is 4.84. The highest BCUT2D eigenvalue weighted by molar-refractivity contribution is 5.73. The summed E-state index contributed by atoms with van der Waals surface area (Å²) in [5.74, 6) is -2.73. The minimum absolute atomic E-state index is 0.122. The first-order chi connectivity index (χ1) is 7.59. The van der Waals surface area contributed by atoms with E-state index >= 15 is 0 Å². The lowest BCUT2D eigenvalue weighted by molar-refractivity contribution is -0.187. The number of piperidine rings is 1. The largest absolute Gasteiger partial charge is 0.460 e. The van der Waals surface area contributed by atoms with E-state index in [-0.39, 0.29) is 19.5 Å². The van der Waals surface area contributed by atoms with Crippen LogP contribution in [0.25, 0.3) is 0 Å². The highest BCUT2D eigenvalue weighted by Gasteiger charge is 2.44. The maximum Gasteiger partial charge on any atom is 0.393 e. The molecule has 6 heteroatoms. The van der Waals surface area contributed by atoms with Gasteiger partial charge in [0.05, 0.1) is 11.8 Å². The molecule has 1 aliphatic rings. The fourth-order valence-corrected chi connectivity index (χ4v) is 1.76. The van der Waals surface area contributed by atoms with E-state index in [1.807, 2.05) is 0 Å². The third-order valence-electron chi connectivity index (χ3n) is 2.55. The van der Waals surface area contributed by atoms with Gasteiger partial charge < -0.3 is 10.1 Å². The van der Waals surface area contributed by atoms with Crippen molar-refractivity contribution in [3.63, 3.8) is 0 Å². The van der Waals surface area contributed by atoms with Crippen LogP contribution in [0.4, 0.5) is 13.2 Å². The minimum atomic E-state index is -4.26. The van der Waals surface area contributed by atoms with Gasteiger partial charge >= 0.3 is 12.1 Å². The van der Waals surface area contributed by atoms with E-state index in [2.05, 4.69) is 5.32 Å². The van der Waals surface area contributed by atoms with Gasteiger partial charge in [0, 0.05) is 13.1 Å². The average Bonchev–Trinajstić information content (AvgIpc) is 2.14. The Morgan fingerprint density at radius 2 is 1.82 bits per heavy atom. The van der Waals surface area contributed by atoms with Crippen LogP contribution in [-0.2, 0) is 9.53 Å². The van der Waals surface area contributed by atoms with Crippen LogP contribution >= 0.6 is 0 Å². The molecule has 17 heavy (non-hydrogen) atoms. The molecule has 3 nitrogen and oxygen atoms in total. The van der Waals surface area contributed by atoms with Crippen LogP contribution in [0, 0.1) is 11.8 Å². The summed E-state index contributed by atoms with van der Waals surface area (Å²) in [5, 5.41) is 2.64. The Hall–Kier alpha value is -0.780. The van der Waals surface area contributed by atoms with Crippen LogP contribution in [0.5, 0.6) is 0 Å². The molecule has 0 bridgehead atoms. The number of rotatable bonds is 1. The molecule has 1 aliphatic heterocycles. The van der Waals surface area contributed by atoms with Gasteiger partial charge in [0.2, 0.25) is 0 Å². The lowest BCUT2D eigenvalue weighted by Gasteiger charge is -2.31. The monoisotopic (exact) mass is 253 g/mol. The van der Waals surface area contributed by atoms with Gasteiger partial charge in [0.1, 0.15) is 5.60 Å². The number of halogens is 3. The summed E-state index contributed by atoms with van der Waals surface area (Å²) in [7, 11) is 0. The van der Waals surface area contributed by atoms with E-state index in [1.165, 1.54) is 0 Å². The normalized spacial score (nSPS) is 26.7. The SMILES string of the molecule is CC(C)(C)OC(=O)[C@@H]1CNC[C@H](C(F)(F)F)C1. The highest BCUT2D eigenvalue weighted by atomic mass is 19.4. The molecule has 1 N–H and O–H groups in total. The minimum Gasteiger partial charge on any atom is -0.460 e. The van der Waals surface area contributed by atoms with Crippen molar-refractivity contribution in [1.29, 1.82) is 0 Å². The summed E-state index contributed by atoms with van der Waals surface area (Å²) in [4.78, 5) is 11.7. The molecule has 1 fully saturated rings. The Kier molecular flexibility index (Phi) is 4.06. The first-order valence-corrected chi connectivity index (χ1v) is 5.60. The van der Waals surface area contributed by atoms with Crippen LogP contribution in [0.3, 0.4) is 0 Å². The van der Waals surface area contributed by atoms with E-state index in [4.69, 9.17) is 4.74 Å². The Balaban J connectivity index is 2.58.